The summed E-state index contributed by atoms with van der Waals surface area (Å²) in [5, 5.41) is 0. The molecule has 0 aliphatic carbocycles. The summed E-state index contributed by atoms with van der Waals surface area (Å²) in [6.45, 7) is 4.29. The van der Waals surface area contributed by atoms with E-state index >= 15 is 0 Å². The number of ether oxygens (including phenoxy) is 1. The van der Waals surface area contributed by atoms with E-state index in [4.69, 9.17) is 9.15 Å². The van der Waals surface area contributed by atoms with Crippen LogP contribution in [-0.4, -0.2) is 54.0 Å². The molecule has 3 rings (SSSR count). The normalized spacial score (nSPS) is 16.0. The van der Waals surface area contributed by atoms with Crippen LogP contribution in [0.15, 0.2) is 59.2 Å². The van der Waals surface area contributed by atoms with Crippen molar-refractivity contribution < 1.29 is 18.7 Å². The van der Waals surface area contributed by atoms with Gasteiger partial charge in [0.2, 0.25) is 11.8 Å². The van der Waals surface area contributed by atoms with Crippen LogP contribution in [0.1, 0.15) is 43.9 Å². The molecule has 1 fully saturated rings. The van der Waals surface area contributed by atoms with Gasteiger partial charge in [0, 0.05) is 25.8 Å². The fraction of sp³-hybridized carbons (Fsp3) is 0.440. The van der Waals surface area contributed by atoms with E-state index in [-0.39, 0.29) is 24.5 Å². The minimum atomic E-state index is -0.152. The largest absolute Gasteiger partial charge is 0.467 e. The first-order valence-corrected chi connectivity index (χ1v) is 11.1. The summed E-state index contributed by atoms with van der Waals surface area (Å²) < 4.78 is 11.2. The smallest absolute Gasteiger partial charge is 0.247 e. The number of benzene rings is 1. The maximum atomic E-state index is 13.2. The van der Waals surface area contributed by atoms with Crippen LogP contribution >= 0.6 is 0 Å². The van der Waals surface area contributed by atoms with E-state index in [0.717, 1.165) is 43.6 Å². The Bertz CT molecular complexity index is 826. The molecule has 1 aliphatic heterocycles. The fourth-order valence-electron chi connectivity index (χ4n) is 3.60. The van der Waals surface area contributed by atoms with Gasteiger partial charge in [-0.3, -0.25) is 9.59 Å². The van der Waals surface area contributed by atoms with E-state index in [9.17, 15) is 9.59 Å². The van der Waals surface area contributed by atoms with Gasteiger partial charge in [-0.2, -0.15) is 0 Å². The molecule has 6 nitrogen and oxygen atoms in total. The lowest BCUT2D eigenvalue weighted by Crippen LogP contribution is -2.45. The van der Waals surface area contributed by atoms with Crippen LogP contribution in [0.25, 0.3) is 6.08 Å². The molecular formula is C25H32N2O4. The molecule has 0 bridgehead atoms. The minimum Gasteiger partial charge on any atom is -0.467 e. The topological polar surface area (TPSA) is 63.0 Å². The molecule has 6 heteroatoms. The zero-order valence-electron chi connectivity index (χ0n) is 18.2. The third-order valence-corrected chi connectivity index (χ3v) is 5.36. The quantitative estimate of drug-likeness (QED) is 0.509. The van der Waals surface area contributed by atoms with E-state index in [1.54, 1.807) is 28.2 Å². The summed E-state index contributed by atoms with van der Waals surface area (Å²) in [4.78, 5) is 29.5. The Labute approximate surface area is 184 Å². The number of unbranched alkanes of at least 4 members (excludes halogenated alkanes) is 1. The molecular weight excluding hydrogens is 392 g/mol. The van der Waals surface area contributed by atoms with Crippen LogP contribution in [0.5, 0.6) is 0 Å². The van der Waals surface area contributed by atoms with Gasteiger partial charge in [-0.1, -0.05) is 43.7 Å². The summed E-state index contributed by atoms with van der Waals surface area (Å²) in [5.41, 5.74) is 0.954. The van der Waals surface area contributed by atoms with E-state index < -0.39 is 0 Å². The highest BCUT2D eigenvalue weighted by atomic mass is 16.5. The third kappa shape index (κ3) is 7.40. The SMILES string of the molecule is CCCCN(CC(=O)N(Cc1ccco1)C[C@H]1CCCO1)C(=O)/C=C/c1ccccc1. The molecule has 0 spiro atoms. The van der Waals surface area contributed by atoms with Crippen LogP contribution in [0.4, 0.5) is 0 Å². The number of hydrogen-bond acceptors (Lipinski definition) is 4. The van der Waals surface area contributed by atoms with E-state index in [0.29, 0.717) is 19.6 Å². The Morgan fingerprint density at radius 1 is 1.13 bits per heavy atom. The molecule has 1 atom stereocenters. The van der Waals surface area contributed by atoms with Crippen molar-refractivity contribution in [3.63, 3.8) is 0 Å². The molecule has 2 heterocycles. The summed E-state index contributed by atoms with van der Waals surface area (Å²) in [6.07, 6.45) is 8.74. The zero-order chi connectivity index (χ0) is 21.9. The predicted octanol–water partition coefficient (Wildman–Crippen LogP) is 4.13. The van der Waals surface area contributed by atoms with Gasteiger partial charge >= 0.3 is 0 Å². The summed E-state index contributed by atoms with van der Waals surface area (Å²) in [5.74, 6) is 0.479. The van der Waals surface area contributed by atoms with Gasteiger partial charge in [0.1, 0.15) is 12.3 Å². The van der Waals surface area contributed by atoms with Gasteiger partial charge in [-0.25, -0.2) is 0 Å². The average molecular weight is 425 g/mol. The van der Waals surface area contributed by atoms with Crippen LogP contribution in [-0.2, 0) is 20.9 Å². The molecule has 1 aliphatic rings. The Morgan fingerprint density at radius 3 is 2.65 bits per heavy atom. The van der Waals surface area contributed by atoms with Crippen LogP contribution in [0.2, 0.25) is 0 Å². The van der Waals surface area contributed by atoms with Crippen molar-refractivity contribution in [1.29, 1.82) is 0 Å². The Balaban J connectivity index is 1.67. The number of rotatable bonds is 11. The molecule has 1 aromatic heterocycles. The summed E-state index contributed by atoms with van der Waals surface area (Å²) in [6, 6.07) is 13.4. The highest BCUT2D eigenvalue weighted by Crippen LogP contribution is 2.16. The van der Waals surface area contributed by atoms with Crippen molar-refractivity contribution in [3.8, 4) is 0 Å². The van der Waals surface area contributed by atoms with Gasteiger partial charge in [-0.15, -0.1) is 0 Å². The molecule has 2 aromatic rings. The third-order valence-electron chi connectivity index (χ3n) is 5.36. The second-order valence-electron chi connectivity index (χ2n) is 7.85. The van der Waals surface area contributed by atoms with Crippen molar-refractivity contribution in [2.75, 3.05) is 26.2 Å². The highest BCUT2D eigenvalue weighted by Gasteiger charge is 2.25. The first kappa shape index (κ1) is 22.8. The average Bonchev–Trinajstić information content (AvgIpc) is 3.49. The molecule has 2 amide bonds. The molecule has 0 N–H and O–H groups in total. The van der Waals surface area contributed by atoms with Gasteiger partial charge in [0.25, 0.3) is 0 Å². The number of furan rings is 1. The van der Waals surface area contributed by atoms with Crippen LogP contribution in [0.3, 0.4) is 0 Å². The monoisotopic (exact) mass is 424 g/mol. The molecule has 1 aromatic carbocycles. The number of carbonyl (C=O) groups excluding carboxylic acids is 2. The van der Waals surface area contributed by atoms with Crippen molar-refractivity contribution in [1.82, 2.24) is 9.80 Å². The summed E-state index contributed by atoms with van der Waals surface area (Å²) in [7, 11) is 0. The highest BCUT2D eigenvalue weighted by molar-refractivity contribution is 5.94. The number of hydrogen-bond donors (Lipinski definition) is 0. The molecule has 1 saturated heterocycles. The second kappa shape index (κ2) is 12.1. The number of amides is 2. The standard InChI is InChI=1S/C25H32N2O4/c1-2-3-15-26(24(28)14-13-21-9-5-4-6-10-21)20-25(29)27(18-22-11-7-16-30-22)19-23-12-8-17-31-23/h4-7,9-11,13-14,16,23H,2-3,8,12,15,17-20H2,1H3/b14-13+/t23-/m1/s1. The van der Waals surface area contributed by atoms with Crippen LogP contribution < -0.4 is 0 Å². The zero-order valence-corrected chi connectivity index (χ0v) is 18.2. The molecule has 0 radical (unpaired) electrons. The molecule has 166 valence electrons. The van der Waals surface area contributed by atoms with E-state index in [1.165, 1.54) is 0 Å². The van der Waals surface area contributed by atoms with E-state index in [2.05, 4.69) is 6.92 Å². The Morgan fingerprint density at radius 2 is 1.97 bits per heavy atom. The Hall–Kier alpha value is -2.86. The van der Waals surface area contributed by atoms with Crippen molar-refractivity contribution >= 4 is 17.9 Å². The molecule has 31 heavy (non-hydrogen) atoms. The first-order chi connectivity index (χ1) is 15.2. The predicted molar refractivity (Wildman–Crippen MR) is 120 cm³/mol. The number of carbonyl (C=O) groups is 2. The van der Waals surface area contributed by atoms with Crippen molar-refractivity contribution in [2.45, 2.75) is 45.3 Å². The summed E-state index contributed by atoms with van der Waals surface area (Å²) >= 11 is 0. The van der Waals surface area contributed by atoms with E-state index in [1.807, 2.05) is 42.5 Å². The van der Waals surface area contributed by atoms with Gasteiger partial charge in [0.05, 0.1) is 18.9 Å². The van der Waals surface area contributed by atoms with Crippen molar-refractivity contribution in [2.24, 2.45) is 0 Å². The van der Waals surface area contributed by atoms with Gasteiger partial charge in [0.15, 0.2) is 0 Å². The second-order valence-corrected chi connectivity index (χ2v) is 7.85. The van der Waals surface area contributed by atoms with Gasteiger partial charge < -0.3 is 19.0 Å². The van der Waals surface area contributed by atoms with Crippen LogP contribution in [0, 0.1) is 0 Å². The lowest BCUT2D eigenvalue weighted by atomic mass is 10.2. The lowest BCUT2D eigenvalue weighted by molar-refractivity contribution is -0.140. The fourth-order valence-corrected chi connectivity index (χ4v) is 3.60. The molecule has 0 unspecified atom stereocenters. The molecule has 0 saturated carbocycles. The maximum absolute atomic E-state index is 13.2. The maximum Gasteiger partial charge on any atom is 0.247 e. The Kier molecular flexibility index (Phi) is 8.91. The lowest BCUT2D eigenvalue weighted by Gasteiger charge is -2.28. The number of nitrogens with zero attached hydrogens (tertiary/aromatic N) is 2. The first-order valence-electron chi connectivity index (χ1n) is 11.1. The minimum absolute atomic E-state index is 0.0386. The van der Waals surface area contributed by atoms with Gasteiger partial charge in [-0.05, 0) is 43.0 Å². The van der Waals surface area contributed by atoms with Crippen molar-refractivity contribution in [3.05, 3.63) is 66.1 Å².